The number of piperidine rings is 1. The number of anilines is 2. The first-order valence-corrected chi connectivity index (χ1v) is 10.7. The number of benzene rings is 2. The number of aromatic nitrogens is 2. The number of aryl methyl sites for hydroxylation is 1. The Kier molecular flexibility index (Phi) is 6.08. The highest BCUT2D eigenvalue weighted by atomic mass is 79.9. The quantitative estimate of drug-likeness (QED) is 0.570. The van der Waals surface area contributed by atoms with Gasteiger partial charge in [0.25, 0.3) is 0 Å². The summed E-state index contributed by atoms with van der Waals surface area (Å²) < 4.78 is 14.2. The average molecular weight is 469 g/mol. The Bertz CT molecular complexity index is 1060. The molecule has 1 aromatic heterocycles. The van der Waals surface area contributed by atoms with Gasteiger partial charge in [-0.15, -0.1) is 0 Å². The SMILES string of the molecule is Cc1cc(NC(=O)[C@H]2CCCN(c3ccnc(-c4ccc(F)cc4)n3)C2)ccc1Br. The number of carbonyl (C=O) groups is 1. The van der Waals surface area contributed by atoms with Gasteiger partial charge in [-0.1, -0.05) is 15.9 Å². The van der Waals surface area contributed by atoms with Crippen LogP contribution >= 0.6 is 15.9 Å². The Hall–Kier alpha value is -2.80. The summed E-state index contributed by atoms with van der Waals surface area (Å²) in [5.41, 5.74) is 2.64. The molecular weight excluding hydrogens is 447 g/mol. The van der Waals surface area contributed by atoms with E-state index in [2.05, 4.69) is 36.1 Å². The topological polar surface area (TPSA) is 58.1 Å². The predicted molar refractivity (Wildman–Crippen MR) is 120 cm³/mol. The van der Waals surface area contributed by atoms with Crippen LogP contribution < -0.4 is 10.2 Å². The first kappa shape index (κ1) is 20.5. The van der Waals surface area contributed by atoms with E-state index in [-0.39, 0.29) is 17.6 Å². The number of amides is 1. The number of hydrogen-bond acceptors (Lipinski definition) is 4. The lowest BCUT2D eigenvalue weighted by molar-refractivity contribution is -0.120. The summed E-state index contributed by atoms with van der Waals surface area (Å²) in [6, 6.07) is 13.8. The van der Waals surface area contributed by atoms with Crippen LogP contribution in [0.4, 0.5) is 15.9 Å². The normalized spacial score (nSPS) is 16.4. The van der Waals surface area contributed by atoms with Crippen LogP contribution in [0.1, 0.15) is 18.4 Å². The molecule has 0 aliphatic carbocycles. The molecule has 0 spiro atoms. The Labute approximate surface area is 183 Å². The smallest absolute Gasteiger partial charge is 0.229 e. The third-order valence-corrected chi connectivity index (χ3v) is 6.17. The monoisotopic (exact) mass is 468 g/mol. The molecule has 1 fully saturated rings. The lowest BCUT2D eigenvalue weighted by atomic mass is 9.97. The van der Waals surface area contributed by atoms with Gasteiger partial charge in [-0.3, -0.25) is 4.79 Å². The molecule has 4 rings (SSSR count). The van der Waals surface area contributed by atoms with Gasteiger partial charge in [-0.25, -0.2) is 14.4 Å². The van der Waals surface area contributed by atoms with Gasteiger partial charge in [0.05, 0.1) is 5.92 Å². The summed E-state index contributed by atoms with van der Waals surface area (Å²) in [6.45, 7) is 3.43. The second-order valence-electron chi connectivity index (χ2n) is 7.48. The number of carbonyl (C=O) groups excluding carboxylic acids is 1. The van der Waals surface area contributed by atoms with Crippen molar-refractivity contribution in [1.29, 1.82) is 0 Å². The molecule has 1 amide bonds. The van der Waals surface area contributed by atoms with Crippen molar-refractivity contribution in [2.75, 3.05) is 23.3 Å². The van der Waals surface area contributed by atoms with Gasteiger partial charge in [-0.05, 0) is 73.9 Å². The minimum absolute atomic E-state index is 0.0224. The Balaban J connectivity index is 1.47. The molecule has 0 unspecified atom stereocenters. The molecule has 30 heavy (non-hydrogen) atoms. The number of nitrogens with zero attached hydrogens (tertiary/aromatic N) is 3. The maximum atomic E-state index is 13.2. The second kappa shape index (κ2) is 8.92. The summed E-state index contributed by atoms with van der Waals surface area (Å²) >= 11 is 3.48. The molecule has 2 aromatic carbocycles. The van der Waals surface area contributed by atoms with Crippen LogP contribution in [0.25, 0.3) is 11.4 Å². The van der Waals surface area contributed by atoms with Gasteiger partial charge < -0.3 is 10.2 Å². The van der Waals surface area contributed by atoms with Gasteiger partial charge in [0.15, 0.2) is 5.82 Å². The van der Waals surface area contributed by atoms with E-state index in [0.29, 0.717) is 12.4 Å². The zero-order valence-corrected chi connectivity index (χ0v) is 18.2. The molecule has 7 heteroatoms. The Morgan fingerprint density at radius 3 is 2.77 bits per heavy atom. The maximum absolute atomic E-state index is 13.2. The minimum atomic E-state index is -0.291. The first-order valence-electron chi connectivity index (χ1n) is 9.90. The summed E-state index contributed by atoms with van der Waals surface area (Å²) in [4.78, 5) is 23.9. The van der Waals surface area contributed by atoms with Crippen molar-refractivity contribution in [3.8, 4) is 11.4 Å². The van der Waals surface area contributed by atoms with Crippen LogP contribution in [-0.4, -0.2) is 29.0 Å². The van der Waals surface area contributed by atoms with Gasteiger partial charge in [0, 0.05) is 35.0 Å². The van der Waals surface area contributed by atoms with Gasteiger partial charge >= 0.3 is 0 Å². The van der Waals surface area contributed by atoms with Crippen molar-refractivity contribution in [2.45, 2.75) is 19.8 Å². The molecule has 1 aliphatic heterocycles. The van der Waals surface area contributed by atoms with Crippen molar-refractivity contribution >= 4 is 33.3 Å². The Morgan fingerprint density at radius 1 is 1.20 bits per heavy atom. The summed E-state index contributed by atoms with van der Waals surface area (Å²) in [5.74, 6) is 0.938. The van der Waals surface area contributed by atoms with E-state index in [4.69, 9.17) is 0 Å². The molecule has 1 aliphatic rings. The molecular formula is C23H22BrFN4O. The average Bonchev–Trinajstić information content (AvgIpc) is 2.77. The molecule has 2 heterocycles. The predicted octanol–water partition coefficient (Wildman–Crippen LogP) is 5.21. The number of hydrogen-bond donors (Lipinski definition) is 1. The van der Waals surface area contributed by atoms with E-state index in [9.17, 15) is 9.18 Å². The summed E-state index contributed by atoms with van der Waals surface area (Å²) in [5, 5.41) is 3.04. The molecule has 0 radical (unpaired) electrons. The van der Waals surface area contributed by atoms with Gasteiger partial charge in [0.1, 0.15) is 11.6 Å². The third kappa shape index (κ3) is 4.67. The highest BCUT2D eigenvalue weighted by molar-refractivity contribution is 9.10. The van der Waals surface area contributed by atoms with Crippen molar-refractivity contribution in [1.82, 2.24) is 9.97 Å². The fraction of sp³-hybridized carbons (Fsp3) is 0.261. The van der Waals surface area contributed by atoms with E-state index in [1.54, 1.807) is 18.3 Å². The molecule has 154 valence electrons. The zero-order valence-electron chi connectivity index (χ0n) is 16.6. The minimum Gasteiger partial charge on any atom is -0.356 e. The van der Waals surface area contributed by atoms with Crippen LogP contribution in [0.2, 0.25) is 0 Å². The van der Waals surface area contributed by atoms with Gasteiger partial charge in [-0.2, -0.15) is 0 Å². The zero-order chi connectivity index (χ0) is 21.1. The lowest BCUT2D eigenvalue weighted by Gasteiger charge is -2.33. The van der Waals surface area contributed by atoms with Crippen LogP contribution in [0.3, 0.4) is 0 Å². The van der Waals surface area contributed by atoms with Crippen LogP contribution in [0.5, 0.6) is 0 Å². The molecule has 1 saturated heterocycles. The molecule has 1 atom stereocenters. The van der Waals surface area contributed by atoms with Crippen molar-refractivity contribution in [2.24, 2.45) is 5.92 Å². The highest BCUT2D eigenvalue weighted by Crippen LogP contribution is 2.26. The van der Waals surface area contributed by atoms with E-state index >= 15 is 0 Å². The van der Waals surface area contributed by atoms with Crippen molar-refractivity contribution < 1.29 is 9.18 Å². The number of nitrogens with one attached hydrogen (secondary N) is 1. The van der Waals surface area contributed by atoms with Crippen LogP contribution in [-0.2, 0) is 4.79 Å². The van der Waals surface area contributed by atoms with E-state index in [1.807, 2.05) is 31.2 Å². The van der Waals surface area contributed by atoms with Gasteiger partial charge in [0.2, 0.25) is 5.91 Å². The molecule has 0 saturated carbocycles. The van der Waals surface area contributed by atoms with E-state index < -0.39 is 0 Å². The van der Waals surface area contributed by atoms with Crippen molar-refractivity contribution in [3.63, 3.8) is 0 Å². The molecule has 0 bridgehead atoms. The second-order valence-corrected chi connectivity index (χ2v) is 8.34. The molecule has 5 nitrogen and oxygen atoms in total. The highest BCUT2D eigenvalue weighted by Gasteiger charge is 2.27. The summed E-state index contributed by atoms with van der Waals surface area (Å²) in [7, 11) is 0. The molecule has 1 N–H and O–H groups in total. The standard InChI is InChI=1S/C23H22BrFN4O/c1-15-13-19(8-9-20(15)24)27-23(30)17-3-2-12-29(14-17)21-10-11-26-22(28-21)16-4-6-18(25)7-5-16/h4-11,13,17H,2-3,12,14H2,1H3,(H,27,30)/t17-/m0/s1. The fourth-order valence-electron chi connectivity index (χ4n) is 3.63. The summed E-state index contributed by atoms with van der Waals surface area (Å²) in [6.07, 6.45) is 3.45. The number of rotatable bonds is 4. The first-order chi connectivity index (χ1) is 14.5. The van der Waals surface area contributed by atoms with Crippen LogP contribution in [0.15, 0.2) is 59.2 Å². The largest absolute Gasteiger partial charge is 0.356 e. The maximum Gasteiger partial charge on any atom is 0.229 e. The van der Waals surface area contributed by atoms with Crippen molar-refractivity contribution in [3.05, 3.63) is 70.6 Å². The molecule has 3 aromatic rings. The Morgan fingerprint density at radius 2 is 2.00 bits per heavy atom. The number of halogens is 2. The van der Waals surface area contributed by atoms with E-state index in [1.165, 1.54) is 12.1 Å². The fourth-order valence-corrected chi connectivity index (χ4v) is 3.88. The van der Waals surface area contributed by atoms with Crippen LogP contribution in [0, 0.1) is 18.7 Å². The lowest BCUT2D eigenvalue weighted by Crippen LogP contribution is -2.41. The third-order valence-electron chi connectivity index (χ3n) is 5.28. The van der Waals surface area contributed by atoms with E-state index in [0.717, 1.165) is 46.5 Å².